The molecule has 2 aromatic rings. The van der Waals surface area contributed by atoms with Gasteiger partial charge in [0.2, 0.25) is 0 Å². The Bertz CT molecular complexity index is 807. The summed E-state index contributed by atoms with van der Waals surface area (Å²) in [4.78, 5) is 25.0. The van der Waals surface area contributed by atoms with E-state index in [0.717, 1.165) is 10.5 Å². The lowest BCUT2D eigenvalue weighted by Crippen LogP contribution is -2.32. The second-order valence-electron chi connectivity index (χ2n) is 4.99. The molecule has 0 heterocycles. The summed E-state index contributed by atoms with van der Waals surface area (Å²) in [5.41, 5.74) is 3.31. The number of nitrogens with one attached hydrogen (secondary N) is 2. The number of hydrogen-bond acceptors (Lipinski definition) is 6. The van der Waals surface area contributed by atoms with Crippen LogP contribution >= 0.6 is 11.8 Å². The minimum atomic E-state index is -0.896. The van der Waals surface area contributed by atoms with E-state index >= 15 is 0 Å². The molecule has 2 N–H and O–H groups in total. The molecule has 0 fully saturated rings. The Morgan fingerprint density at radius 2 is 1.77 bits per heavy atom. The number of hydrazone groups is 1. The number of methoxy groups -OCH3 is 2. The van der Waals surface area contributed by atoms with E-state index in [2.05, 4.69) is 15.8 Å². The van der Waals surface area contributed by atoms with Crippen molar-refractivity contribution < 1.29 is 19.1 Å². The highest BCUT2D eigenvalue weighted by Crippen LogP contribution is 2.28. The Kier molecular flexibility index (Phi) is 7.04. The summed E-state index contributed by atoms with van der Waals surface area (Å²) >= 11 is 1.63. The number of thioether (sulfide) groups is 1. The molecule has 2 rings (SSSR count). The molecule has 0 unspecified atom stereocenters. The summed E-state index contributed by atoms with van der Waals surface area (Å²) in [5, 5.41) is 6.25. The maximum Gasteiger partial charge on any atom is 0.329 e. The first-order chi connectivity index (χ1) is 12.6. The van der Waals surface area contributed by atoms with Crippen molar-refractivity contribution in [3.8, 4) is 11.5 Å². The van der Waals surface area contributed by atoms with Crippen molar-refractivity contribution in [2.75, 3.05) is 25.8 Å². The summed E-state index contributed by atoms with van der Waals surface area (Å²) in [6.07, 6.45) is 3.45. The molecule has 0 saturated heterocycles. The van der Waals surface area contributed by atoms with Crippen LogP contribution < -0.4 is 20.2 Å². The molecule has 0 spiro atoms. The monoisotopic (exact) mass is 373 g/mol. The van der Waals surface area contributed by atoms with E-state index in [1.165, 1.54) is 20.4 Å². The van der Waals surface area contributed by atoms with Crippen LogP contribution in [0.25, 0.3) is 0 Å². The van der Waals surface area contributed by atoms with Crippen molar-refractivity contribution in [1.82, 2.24) is 5.43 Å². The topological polar surface area (TPSA) is 89.0 Å². The predicted molar refractivity (Wildman–Crippen MR) is 102 cm³/mol. The Labute approximate surface area is 155 Å². The van der Waals surface area contributed by atoms with Crippen molar-refractivity contribution in [1.29, 1.82) is 0 Å². The highest BCUT2D eigenvalue weighted by Gasteiger charge is 2.16. The number of carbonyl (C=O) groups is 2. The molecule has 26 heavy (non-hydrogen) atoms. The van der Waals surface area contributed by atoms with Gasteiger partial charge in [-0.3, -0.25) is 9.59 Å². The van der Waals surface area contributed by atoms with Crippen molar-refractivity contribution in [2.24, 2.45) is 5.10 Å². The third-order valence-electron chi connectivity index (χ3n) is 3.36. The molecule has 136 valence electrons. The normalized spacial score (nSPS) is 10.4. The lowest BCUT2D eigenvalue weighted by molar-refractivity contribution is -0.136. The van der Waals surface area contributed by atoms with Crippen LogP contribution in [0.15, 0.2) is 52.5 Å². The average molecular weight is 373 g/mol. The molecule has 0 aliphatic rings. The Hall–Kier alpha value is -3.00. The third kappa shape index (κ3) is 5.25. The van der Waals surface area contributed by atoms with E-state index in [9.17, 15) is 9.59 Å². The smallest absolute Gasteiger partial charge is 0.329 e. The Balaban J connectivity index is 1.97. The van der Waals surface area contributed by atoms with Crippen molar-refractivity contribution >= 4 is 35.5 Å². The Morgan fingerprint density at radius 3 is 2.38 bits per heavy atom. The first-order valence-electron chi connectivity index (χ1n) is 7.58. The highest BCUT2D eigenvalue weighted by molar-refractivity contribution is 7.98. The molecule has 0 aromatic heterocycles. The fourth-order valence-corrected chi connectivity index (χ4v) is 2.41. The summed E-state index contributed by atoms with van der Waals surface area (Å²) in [6, 6.07) is 12.5. The second kappa shape index (κ2) is 9.47. The van der Waals surface area contributed by atoms with E-state index < -0.39 is 11.8 Å². The number of rotatable bonds is 6. The fourth-order valence-electron chi connectivity index (χ4n) is 2.00. The van der Waals surface area contributed by atoms with Gasteiger partial charge in [-0.1, -0.05) is 12.1 Å². The molecule has 0 atom stereocenters. The first-order valence-corrected chi connectivity index (χ1v) is 8.80. The highest BCUT2D eigenvalue weighted by atomic mass is 32.2. The summed E-state index contributed by atoms with van der Waals surface area (Å²) in [7, 11) is 2.96. The SMILES string of the molecule is COc1ccc(OC)c(NC(=O)C(=O)N/N=C/c2ccc(SC)cc2)c1. The molecule has 8 heteroatoms. The summed E-state index contributed by atoms with van der Waals surface area (Å²) < 4.78 is 10.2. The summed E-state index contributed by atoms with van der Waals surface area (Å²) in [6.45, 7) is 0. The lowest BCUT2D eigenvalue weighted by Gasteiger charge is -2.11. The number of amides is 2. The maximum absolute atomic E-state index is 12.0. The number of anilines is 1. The molecular formula is C18H19N3O4S. The zero-order valence-electron chi connectivity index (χ0n) is 14.6. The largest absolute Gasteiger partial charge is 0.497 e. The van der Waals surface area contributed by atoms with Gasteiger partial charge in [0.05, 0.1) is 26.1 Å². The van der Waals surface area contributed by atoms with E-state index in [0.29, 0.717) is 17.2 Å². The van der Waals surface area contributed by atoms with E-state index in [-0.39, 0.29) is 0 Å². The van der Waals surface area contributed by atoms with Crippen LogP contribution in [-0.2, 0) is 9.59 Å². The maximum atomic E-state index is 12.0. The quantitative estimate of drug-likeness (QED) is 0.352. The molecule has 7 nitrogen and oxygen atoms in total. The number of ether oxygens (including phenoxy) is 2. The zero-order valence-corrected chi connectivity index (χ0v) is 15.4. The summed E-state index contributed by atoms with van der Waals surface area (Å²) in [5.74, 6) is -0.837. The van der Waals surface area contributed by atoms with Crippen LogP contribution in [0.3, 0.4) is 0 Å². The van der Waals surface area contributed by atoms with Gasteiger partial charge in [0, 0.05) is 11.0 Å². The minimum Gasteiger partial charge on any atom is -0.497 e. The van der Waals surface area contributed by atoms with Gasteiger partial charge in [-0.25, -0.2) is 5.43 Å². The Morgan fingerprint density at radius 1 is 1.04 bits per heavy atom. The van der Waals surface area contributed by atoms with E-state index in [1.807, 2.05) is 30.5 Å². The predicted octanol–water partition coefficient (Wildman–Crippen LogP) is 2.51. The molecule has 0 aliphatic heterocycles. The van der Waals surface area contributed by atoms with Gasteiger partial charge >= 0.3 is 11.8 Å². The molecular weight excluding hydrogens is 354 g/mol. The van der Waals surface area contributed by atoms with Crippen LogP contribution in [0.2, 0.25) is 0 Å². The standard InChI is InChI=1S/C18H19N3O4S/c1-24-13-6-9-16(25-2)15(10-13)20-17(22)18(23)21-19-11-12-4-7-14(26-3)8-5-12/h4-11H,1-3H3,(H,20,22)(H,21,23)/b19-11+. The van der Waals surface area contributed by atoms with Gasteiger partial charge in [0.1, 0.15) is 11.5 Å². The second-order valence-corrected chi connectivity index (χ2v) is 5.87. The van der Waals surface area contributed by atoms with Crippen LogP contribution in [0.4, 0.5) is 5.69 Å². The van der Waals surface area contributed by atoms with E-state index in [1.54, 1.807) is 30.0 Å². The molecule has 0 bridgehead atoms. The van der Waals surface area contributed by atoms with Gasteiger partial charge in [-0.05, 0) is 36.1 Å². The van der Waals surface area contributed by atoms with Crippen LogP contribution in [0, 0.1) is 0 Å². The van der Waals surface area contributed by atoms with Crippen molar-refractivity contribution in [3.63, 3.8) is 0 Å². The van der Waals surface area contributed by atoms with Crippen molar-refractivity contribution in [3.05, 3.63) is 48.0 Å². The third-order valence-corrected chi connectivity index (χ3v) is 4.10. The zero-order chi connectivity index (χ0) is 18.9. The molecule has 2 aromatic carbocycles. The van der Waals surface area contributed by atoms with Gasteiger partial charge in [-0.15, -0.1) is 11.8 Å². The molecule has 0 saturated carbocycles. The number of hydrogen-bond donors (Lipinski definition) is 2. The van der Waals surface area contributed by atoms with Gasteiger partial charge in [0.15, 0.2) is 0 Å². The van der Waals surface area contributed by atoms with Crippen LogP contribution in [0.5, 0.6) is 11.5 Å². The molecule has 2 amide bonds. The number of nitrogens with zero attached hydrogens (tertiary/aromatic N) is 1. The van der Waals surface area contributed by atoms with E-state index in [4.69, 9.17) is 9.47 Å². The fraction of sp³-hybridized carbons (Fsp3) is 0.167. The number of benzene rings is 2. The lowest BCUT2D eigenvalue weighted by atomic mass is 10.2. The van der Waals surface area contributed by atoms with Gasteiger partial charge in [0.25, 0.3) is 0 Å². The molecule has 0 aliphatic carbocycles. The van der Waals surface area contributed by atoms with Gasteiger partial charge in [-0.2, -0.15) is 5.10 Å². The van der Waals surface area contributed by atoms with Crippen molar-refractivity contribution in [2.45, 2.75) is 4.90 Å². The minimum absolute atomic E-state index is 0.323. The van der Waals surface area contributed by atoms with Crippen LogP contribution in [-0.4, -0.2) is 38.5 Å². The molecule has 0 radical (unpaired) electrons. The number of carbonyl (C=O) groups excluding carboxylic acids is 2. The average Bonchev–Trinajstić information content (AvgIpc) is 2.68. The van der Waals surface area contributed by atoms with Crippen LogP contribution in [0.1, 0.15) is 5.56 Å². The first kappa shape index (κ1) is 19.3. The van der Waals surface area contributed by atoms with Gasteiger partial charge < -0.3 is 14.8 Å².